The third-order valence-electron chi connectivity index (χ3n) is 9.19. The molecule has 214 valence electrons. The van der Waals surface area contributed by atoms with Gasteiger partial charge in [0, 0.05) is 28.9 Å². The van der Waals surface area contributed by atoms with Crippen molar-refractivity contribution < 1.29 is 28.8 Å². The van der Waals surface area contributed by atoms with E-state index in [-0.39, 0.29) is 35.9 Å². The first-order valence-corrected chi connectivity index (χ1v) is 14.9. The average Bonchev–Trinajstić information content (AvgIpc) is 3.05. The van der Waals surface area contributed by atoms with Gasteiger partial charge in [-0.3, -0.25) is 0 Å². The second kappa shape index (κ2) is 12.2. The summed E-state index contributed by atoms with van der Waals surface area (Å²) in [6, 6.07) is 30.3. The summed E-state index contributed by atoms with van der Waals surface area (Å²) in [6.07, 6.45) is 3.76. The third kappa shape index (κ3) is 5.65. The third-order valence-corrected chi connectivity index (χ3v) is 9.19. The predicted octanol–water partition coefficient (Wildman–Crippen LogP) is 5.99. The van der Waals surface area contributed by atoms with Gasteiger partial charge in [0.2, 0.25) is 0 Å². The fourth-order valence-corrected chi connectivity index (χ4v) is 7.10. The van der Waals surface area contributed by atoms with Gasteiger partial charge in [0.25, 0.3) is 0 Å². The molecule has 3 fully saturated rings. The summed E-state index contributed by atoms with van der Waals surface area (Å²) in [6.45, 7) is 1.60. The van der Waals surface area contributed by atoms with E-state index in [4.69, 9.17) is 23.7 Å². The van der Waals surface area contributed by atoms with E-state index in [1.54, 1.807) is 0 Å². The lowest BCUT2D eigenvalue weighted by molar-refractivity contribution is -0.304. The molecule has 2 saturated heterocycles. The van der Waals surface area contributed by atoms with Crippen LogP contribution in [0.1, 0.15) is 42.1 Å². The Morgan fingerprint density at radius 1 is 0.707 bits per heavy atom. The van der Waals surface area contributed by atoms with Crippen molar-refractivity contribution in [2.24, 2.45) is 23.7 Å². The molecule has 1 saturated carbocycles. The average molecular weight is 555 g/mol. The van der Waals surface area contributed by atoms with Gasteiger partial charge < -0.3 is 28.8 Å². The Morgan fingerprint density at radius 2 is 1.29 bits per heavy atom. The highest BCUT2D eigenvalue weighted by atomic mass is 16.7. The molecule has 3 aromatic carbocycles. The number of fused-ring (bicyclic) bond motifs is 2. The molecule has 10 atom stereocenters. The zero-order valence-corrected chi connectivity index (χ0v) is 23.1. The minimum Gasteiger partial charge on any atom is -0.390 e. The molecule has 2 aliphatic carbocycles. The van der Waals surface area contributed by atoms with Gasteiger partial charge in [0.1, 0.15) is 6.10 Å². The molecular weight excluding hydrogens is 516 g/mol. The van der Waals surface area contributed by atoms with E-state index in [9.17, 15) is 5.11 Å². The summed E-state index contributed by atoms with van der Waals surface area (Å²) in [4.78, 5) is 0. The number of aliphatic hydroxyl groups excluding tert-OH is 1. The molecule has 0 bridgehead atoms. The van der Waals surface area contributed by atoms with Gasteiger partial charge in [-0.05, 0) is 24.3 Å². The Labute approximate surface area is 241 Å². The molecule has 6 nitrogen and oxygen atoms in total. The van der Waals surface area contributed by atoms with Crippen molar-refractivity contribution in [2.75, 3.05) is 13.2 Å². The van der Waals surface area contributed by atoms with Gasteiger partial charge >= 0.3 is 0 Å². The molecule has 41 heavy (non-hydrogen) atoms. The highest BCUT2D eigenvalue weighted by Crippen LogP contribution is 2.48. The summed E-state index contributed by atoms with van der Waals surface area (Å²) in [5, 5.41) is 12.1. The molecular formula is C35H38O6. The van der Waals surface area contributed by atoms with Crippen LogP contribution in [0.15, 0.2) is 103 Å². The van der Waals surface area contributed by atoms with E-state index < -0.39 is 24.8 Å². The number of ether oxygens (including phenoxy) is 5. The van der Waals surface area contributed by atoms with Gasteiger partial charge in [-0.25, -0.2) is 0 Å². The summed E-state index contributed by atoms with van der Waals surface area (Å²) in [7, 11) is 0. The van der Waals surface area contributed by atoms with E-state index in [2.05, 4.69) is 24.3 Å². The van der Waals surface area contributed by atoms with Gasteiger partial charge in [-0.1, -0.05) is 103 Å². The van der Waals surface area contributed by atoms with Crippen LogP contribution in [0.4, 0.5) is 0 Å². The van der Waals surface area contributed by atoms with E-state index in [1.165, 1.54) is 0 Å². The van der Waals surface area contributed by atoms with Crippen LogP contribution in [0, 0.1) is 23.7 Å². The number of benzene rings is 3. The van der Waals surface area contributed by atoms with Gasteiger partial charge in [0.05, 0.1) is 38.1 Å². The van der Waals surface area contributed by atoms with Crippen molar-refractivity contribution in [3.63, 3.8) is 0 Å². The Bertz CT molecular complexity index is 1280. The van der Waals surface area contributed by atoms with Crippen LogP contribution in [-0.2, 0) is 30.3 Å². The number of hydrogen-bond acceptors (Lipinski definition) is 6. The number of rotatable bonds is 6. The second-order valence-electron chi connectivity index (χ2n) is 11.8. The zero-order valence-electron chi connectivity index (χ0n) is 23.1. The standard InChI is InChI=1S/C35H38O6/c36-30-29(28-18-10-17-26-21-38-34(40-31(26)28)24-13-6-2-7-14-24)19-27-22-39-35(25-15-8-3-9-16-25)41-32(27)33(30)37-20-23-11-4-1-5-12-23/h1-16,18,26-36H,17,19-22H2/t26-,27-,28+,29-,30-,31-,32-,33-,34?,35?/m1/s1. The maximum atomic E-state index is 12.1. The Morgan fingerprint density at radius 3 is 1.95 bits per heavy atom. The quantitative estimate of drug-likeness (QED) is 0.378. The van der Waals surface area contributed by atoms with Crippen LogP contribution >= 0.6 is 0 Å². The molecule has 0 spiro atoms. The van der Waals surface area contributed by atoms with Crippen LogP contribution in [0.3, 0.4) is 0 Å². The highest BCUT2D eigenvalue weighted by Gasteiger charge is 2.53. The lowest BCUT2D eigenvalue weighted by Crippen LogP contribution is -2.59. The highest BCUT2D eigenvalue weighted by molar-refractivity contribution is 5.19. The van der Waals surface area contributed by atoms with Crippen molar-refractivity contribution >= 4 is 0 Å². The van der Waals surface area contributed by atoms with Crippen LogP contribution in [0.2, 0.25) is 0 Å². The summed E-state index contributed by atoms with van der Waals surface area (Å²) < 4.78 is 32.3. The molecule has 3 aromatic rings. The minimum absolute atomic E-state index is 0.0366. The molecule has 0 radical (unpaired) electrons. The molecule has 0 aromatic heterocycles. The van der Waals surface area contributed by atoms with Crippen LogP contribution in [-0.4, -0.2) is 42.7 Å². The molecule has 7 rings (SSSR count). The normalized spacial score (nSPS) is 36.7. The van der Waals surface area contributed by atoms with E-state index >= 15 is 0 Å². The zero-order chi connectivity index (χ0) is 27.6. The molecule has 0 amide bonds. The van der Waals surface area contributed by atoms with Crippen molar-refractivity contribution in [1.82, 2.24) is 0 Å². The molecule has 2 heterocycles. The van der Waals surface area contributed by atoms with Crippen molar-refractivity contribution in [3.05, 3.63) is 120 Å². The van der Waals surface area contributed by atoms with Gasteiger partial charge in [-0.15, -0.1) is 0 Å². The number of allylic oxidation sites excluding steroid dienone is 1. The Balaban J connectivity index is 1.15. The van der Waals surface area contributed by atoms with Crippen molar-refractivity contribution in [3.8, 4) is 0 Å². The molecule has 4 aliphatic rings. The lowest BCUT2D eigenvalue weighted by atomic mass is 9.65. The molecule has 1 N–H and O–H groups in total. The second-order valence-corrected chi connectivity index (χ2v) is 11.8. The smallest absolute Gasteiger partial charge is 0.184 e. The molecule has 6 heteroatoms. The monoisotopic (exact) mass is 554 g/mol. The van der Waals surface area contributed by atoms with Crippen LogP contribution < -0.4 is 0 Å². The first-order chi connectivity index (χ1) is 20.2. The summed E-state index contributed by atoms with van der Waals surface area (Å²) in [5.74, 6) is 0.327. The fourth-order valence-electron chi connectivity index (χ4n) is 7.10. The number of aliphatic hydroxyl groups is 1. The number of hydrogen-bond donors (Lipinski definition) is 1. The SMILES string of the molecule is O[C@@H]1[C@@H]([C@@H]2C=CC[C@@H]3COC(c4ccccc4)O[C@H]32)C[C@@H]2COC(c3ccccc3)O[C@H]2[C@@H]1OCc1ccccc1. The van der Waals surface area contributed by atoms with Crippen LogP contribution in [0.25, 0.3) is 0 Å². The maximum Gasteiger partial charge on any atom is 0.184 e. The van der Waals surface area contributed by atoms with Gasteiger partial charge in [-0.2, -0.15) is 0 Å². The lowest BCUT2D eigenvalue weighted by Gasteiger charge is -2.52. The first kappa shape index (κ1) is 27.0. The van der Waals surface area contributed by atoms with Crippen molar-refractivity contribution in [2.45, 2.75) is 56.4 Å². The molecule has 2 unspecified atom stereocenters. The van der Waals surface area contributed by atoms with Crippen LogP contribution in [0.5, 0.6) is 0 Å². The summed E-state index contributed by atoms with van der Waals surface area (Å²) >= 11 is 0. The Hall–Kier alpha value is -2.84. The van der Waals surface area contributed by atoms with Crippen molar-refractivity contribution in [1.29, 1.82) is 0 Å². The minimum atomic E-state index is -0.718. The van der Waals surface area contributed by atoms with Gasteiger partial charge in [0.15, 0.2) is 12.6 Å². The van der Waals surface area contributed by atoms with E-state index in [0.29, 0.717) is 19.8 Å². The summed E-state index contributed by atoms with van der Waals surface area (Å²) in [5.41, 5.74) is 3.07. The Kier molecular flexibility index (Phi) is 8.03. The molecule has 2 aliphatic heterocycles. The topological polar surface area (TPSA) is 66.4 Å². The maximum absolute atomic E-state index is 12.1. The van der Waals surface area contributed by atoms with E-state index in [0.717, 1.165) is 29.5 Å². The predicted molar refractivity (Wildman–Crippen MR) is 153 cm³/mol. The fraction of sp³-hybridized carbons (Fsp3) is 0.429. The van der Waals surface area contributed by atoms with E-state index in [1.807, 2.05) is 78.9 Å². The largest absolute Gasteiger partial charge is 0.390 e. The first-order valence-electron chi connectivity index (χ1n) is 14.9.